The Bertz CT molecular complexity index is 188. The number of aliphatic hydroxyl groups is 1. The van der Waals surface area contributed by atoms with Crippen molar-refractivity contribution < 1.29 is 14.1 Å². The smallest absolute Gasteiger partial charge is 0.0779 e. The van der Waals surface area contributed by atoms with Crippen molar-refractivity contribution in [3.8, 4) is 0 Å². The summed E-state index contributed by atoms with van der Waals surface area (Å²) >= 11 is 0. The van der Waals surface area contributed by atoms with Crippen LogP contribution in [0.1, 0.15) is 20.3 Å². The Morgan fingerprint density at radius 2 is 2.06 bits per heavy atom. The van der Waals surface area contributed by atoms with Crippen molar-refractivity contribution in [3.63, 3.8) is 0 Å². The quantitative estimate of drug-likeness (QED) is 0.551. The van der Waals surface area contributed by atoms with E-state index in [1.165, 1.54) is 0 Å². The van der Waals surface area contributed by atoms with Gasteiger partial charge in [0, 0.05) is 36.8 Å². The van der Waals surface area contributed by atoms with Gasteiger partial charge < -0.3 is 15.2 Å². The van der Waals surface area contributed by atoms with Crippen molar-refractivity contribution in [2.45, 2.75) is 26.4 Å². The molecule has 0 aromatic carbocycles. The van der Waals surface area contributed by atoms with E-state index in [1.54, 1.807) is 7.11 Å². The third kappa shape index (κ3) is 10.5. The summed E-state index contributed by atoms with van der Waals surface area (Å²) in [6, 6.07) is 0. The summed E-state index contributed by atoms with van der Waals surface area (Å²) in [4.78, 5) is 0. The molecule has 0 aliphatic carbocycles. The second-order valence-corrected chi connectivity index (χ2v) is 5.98. The fourth-order valence-electron chi connectivity index (χ4n) is 1.26. The Balaban J connectivity index is 3.46. The van der Waals surface area contributed by atoms with Gasteiger partial charge in [0.05, 0.1) is 11.9 Å². The lowest BCUT2D eigenvalue weighted by Crippen LogP contribution is -2.33. The average molecular weight is 251 g/mol. The van der Waals surface area contributed by atoms with Gasteiger partial charge in [0.1, 0.15) is 0 Å². The third-order valence-corrected chi connectivity index (χ3v) is 3.53. The maximum Gasteiger partial charge on any atom is 0.0779 e. The summed E-state index contributed by atoms with van der Waals surface area (Å²) in [6.07, 6.45) is 0.275. The minimum absolute atomic E-state index is 0.356. The predicted octanol–water partition coefficient (Wildman–Crippen LogP) is 0.378. The van der Waals surface area contributed by atoms with Crippen molar-refractivity contribution >= 4 is 10.8 Å². The monoisotopic (exact) mass is 251 g/mol. The first-order valence-electron chi connectivity index (χ1n) is 5.79. The molecule has 0 saturated carbocycles. The van der Waals surface area contributed by atoms with Gasteiger partial charge in [-0.05, 0) is 18.9 Å². The number of ether oxygens (including phenoxy) is 1. The number of aliphatic hydroxyl groups excluding tert-OH is 1. The van der Waals surface area contributed by atoms with Crippen LogP contribution < -0.4 is 5.32 Å². The zero-order valence-corrected chi connectivity index (χ0v) is 11.4. The molecule has 0 amide bonds. The van der Waals surface area contributed by atoms with Crippen LogP contribution in [0.5, 0.6) is 0 Å². The molecular weight excluding hydrogens is 226 g/mol. The molecule has 0 aliphatic heterocycles. The van der Waals surface area contributed by atoms with Crippen LogP contribution in [-0.4, -0.2) is 53.7 Å². The van der Waals surface area contributed by atoms with Crippen LogP contribution in [0.25, 0.3) is 0 Å². The van der Waals surface area contributed by atoms with Crippen molar-refractivity contribution in [3.05, 3.63) is 0 Å². The van der Waals surface area contributed by atoms with Gasteiger partial charge in [0.15, 0.2) is 0 Å². The zero-order chi connectivity index (χ0) is 12.4. The molecule has 0 aromatic rings. The summed E-state index contributed by atoms with van der Waals surface area (Å²) in [7, 11) is 0.697. The van der Waals surface area contributed by atoms with Gasteiger partial charge in [-0.25, -0.2) is 0 Å². The molecule has 0 aromatic heterocycles. The van der Waals surface area contributed by atoms with Crippen molar-refractivity contribution in [1.82, 2.24) is 5.32 Å². The first-order chi connectivity index (χ1) is 7.56. The normalized spacial score (nSPS) is 15.3. The number of nitrogens with one attached hydrogen (secondary N) is 1. The van der Waals surface area contributed by atoms with E-state index in [-0.39, 0.29) is 0 Å². The van der Waals surface area contributed by atoms with Crippen molar-refractivity contribution in [2.24, 2.45) is 5.92 Å². The van der Waals surface area contributed by atoms with Crippen LogP contribution >= 0.6 is 0 Å². The van der Waals surface area contributed by atoms with Crippen LogP contribution in [0, 0.1) is 5.92 Å². The fourth-order valence-corrected chi connectivity index (χ4v) is 2.41. The summed E-state index contributed by atoms with van der Waals surface area (Å²) in [5.41, 5.74) is 0. The molecule has 2 atom stereocenters. The fraction of sp³-hybridized carbons (Fsp3) is 1.00. The zero-order valence-electron chi connectivity index (χ0n) is 10.6. The Morgan fingerprint density at radius 1 is 1.38 bits per heavy atom. The standard InChI is InChI=1S/C11H25NO3S/c1-10(2)7-12-8-11(13)9-16(14)6-4-5-15-3/h10-13H,4-9H2,1-3H3. The summed E-state index contributed by atoms with van der Waals surface area (Å²) in [6.45, 7) is 6.26. The maximum absolute atomic E-state index is 11.5. The molecule has 0 bridgehead atoms. The molecule has 2 N–H and O–H groups in total. The van der Waals surface area contributed by atoms with E-state index in [4.69, 9.17) is 4.74 Å². The second kappa shape index (κ2) is 10.2. The molecule has 0 spiro atoms. The minimum atomic E-state index is -0.936. The van der Waals surface area contributed by atoms with Crippen LogP contribution in [0.2, 0.25) is 0 Å². The Morgan fingerprint density at radius 3 is 2.62 bits per heavy atom. The molecule has 0 fully saturated rings. The van der Waals surface area contributed by atoms with Gasteiger partial charge in [-0.1, -0.05) is 13.8 Å². The van der Waals surface area contributed by atoms with Gasteiger partial charge in [0.2, 0.25) is 0 Å². The Hall–Kier alpha value is 0.0300. The molecule has 0 heterocycles. The topological polar surface area (TPSA) is 58.6 Å². The van der Waals surface area contributed by atoms with Crippen molar-refractivity contribution in [2.75, 3.05) is 38.3 Å². The molecule has 0 radical (unpaired) electrons. The van der Waals surface area contributed by atoms with E-state index in [0.29, 0.717) is 30.6 Å². The van der Waals surface area contributed by atoms with E-state index < -0.39 is 16.9 Å². The highest BCUT2D eigenvalue weighted by molar-refractivity contribution is 7.85. The first kappa shape index (κ1) is 16.0. The van der Waals surface area contributed by atoms with Crippen LogP contribution in [0.4, 0.5) is 0 Å². The number of hydrogen-bond donors (Lipinski definition) is 2. The molecule has 0 saturated heterocycles. The molecule has 2 unspecified atom stereocenters. The SMILES string of the molecule is COCCCS(=O)CC(O)CNCC(C)C. The molecule has 4 nitrogen and oxygen atoms in total. The first-order valence-corrected chi connectivity index (χ1v) is 7.27. The predicted molar refractivity (Wildman–Crippen MR) is 68.1 cm³/mol. The summed E-state index contributed by atoms with van der Waals surface area (Å²) in [5, 5.41) is 12.8. The molecular formula is C11H25NO3S. The van der Waals surface area contributed by atoms with Gasteiger partial charge in [-0.3, -0.25) is 4.21 Å². The van der Waals surface area contributed by atoms with Gasteiger partial charge in [-0.15, -0.1) is 0 Å². The molecule has 0 aliphatic rings. The largest absolute Gasteiger partial charge is 0.391 e. The summed E-state index contributed by atoms with van der Waals surface area (Å²) < 4.78 is 16.4. The highest BCUT2D eigenvalue weighted by atomic mass is 32.2. The molecule has 98 valence electrons. The Labute approximate surface area is 101 Å². The van der Waals surface area contributed by atoms with Gasteiger partial charge >= 0.3 is 0 Å². The molecule has 16 heavy (non-hydrogen) atoms. The van der Waals surface area contributed by atoms with Crippen LogP contribution in [0.3, 0.4) is 0 Å². The van der Waals surface area contributed by atoms with Gasteiger partial charge in [-0.2, -0.15) is 0 Å². The molecule has 5 heteroatoms. The number of rotatable bonds is 10. The van der Waals surface area contributed by atoms with E-state index in [9.17, 15) is 9.32 Å². The Kier molecular flexibility index (Phi) is 10.2. The van der Waals surface area contributed by atoms with E-state index in [0.717, 1.165) is 13.0 Å². The lowest BCUT2D eigenvalue weighted by molar-refractivity contribution is 0.192. The molecule has 0 rings (SSSR count). The van der Waals surface area contributed by atoms with Crippen molar-refractivity contribution in [1.29, 1.82) is 0 Å². The highest BCUT2D eigenvalue weighted by Crippen LogP contribution is 1.94. The van der Waals surface area contributed by atoms with Crippen LogP contribution in [-0.2, 0) is 15.5 Å². The summed E-state index contributed by atoms with van der Waals surface area (Å²) in [5.74, 6) is 1.53. The number of hydrogen-bond acceptors (Lipinski definition) is 4. The lowest BCUT2D eigenvalue weighted by Gasteiger charge is -2.12. The third-order valence-electron chi connectivity index (χ3n) is 2.03. The number of methoxy groups -OCH3 is 1. The maximum atomic E-state index is 11.5. The van der Waals surface area contributed by atoms with Crippen LogP contribution in [0.15, 0.2) is 0 Å². The van der Waals surface area contributed by atoms with E-state index in [1.807, 2.05) is 0 Å². The van der Waals surface area contributed by atoms with E-state index in [2.05, 4.69) is 19.2 Å². The highest BCUT2D eigenvalue weighted by Gasteiger charge is 2.09. The average Bonchev–Trinajstić information content (AvgIpc) is 2.17. The lowest BCUT2D eigenvalue weighted by atomic mass is 10.2. The van der Waals surface area contributed by atoms with E-state index >= 15 is 0 Å². The van der Waals surface area contributed by atoms with Gasteiger partial charge in [0.25, 0.3) is 0 Å². The minimum Gasteiger partial charge on any atom is -0.391 e. The second-order valence-electron chi connectivity index (χ2n) is 4.36.